The number of hydrogen-bond donors (Lipinski definition) is 0. The topological polar surface area (TPSA) is 47.9 Å². The summed E-state index contributed by atoms with van der Waals surface area (Å²) in [6, 6.07) is 59.1. The van der Waals surface area contributed by atoms with Crippen molar-refractivity contribution in [1.82, 2.24) is 15.0 Å². The van der Waals surface area contributed by atoms with Crippen LogP contribution in [0.1, 0.15) is 22.3 Å². The van der Waals surface area contributed by atoms with Crippen molar-refractivity contribution in [2.45, 2.75) is 5.41 Å². The van der Waals surface area contributed by atoms with Gasteiger partial charge >= 0.3 is 0 Å². The predicted octanol–water partition coefficient (Wildman–Crippen LogP) is 13.4. The molecule has 4 nitrogen and oxygen atoms in total. The first-order valence-electron chi connectivity index (χ1n) is 18.6. The summed E-state index contributed by atoms with van der Waals surface area (Å²) in [6.07, 6.45) is 3.67. The van der Waals surface area contributed by atoms with Crippen LogP contribution in [0.5, 0.6) is 11.5 Å². The van der Waals surface area contributed by atoms with Gasteiger partial charge in [-0.1, -0.05) is 109 Å². The fourth-order valence-electron chi connectivity index (χ4n) is 8.83. The van der Waals surface area contributed by atoms with Gasteiger partial charge in [-0.15, -0.1) is 22.7 Å². The summed E-state index contributed by atoms with van der Waals surface area (Å²) in [6.45, 7) is 0. The third-order valence-corrected chi connectivity index (χ3v) is 13.5. The fourth-order valence-corrected chi connectivity index (χ4v) is 10.7. The second-order valence-electron chi connectivity index (χ2n) is 14.4. The summed E-state index contributed by atoms with van der Waals surface area (Å²) in [5.74, 6) is 1.80. The van der Waals surface area contributed by atoms with Gasteiger partial charge in [0, 0.05) is 28.5 Å². The maximum Gasteiger partial charge on any atom is 0.132 e. The summed E-state index contributed by atoms with van der Waals surface area (Å²) in [7, 11) is 0. The van der Waals surface area contributed by atoms with Crippen LogP contribution in [0.15, 0.2) is 176 Å². The van der Waals surface area contributed by atoms with Gasteiger partial charge in [0.2, 0.25) is 0 Å². The van der Waals surface area contributed by atoms with Gasteiger partial charge in [0.05, 0.1) is 26.5 Å². The molecule has 4 heterocycles. The Morgan fingerprint density at radius 3 is 1.68 bits per heavy atom. The molecular formula is C50H29N3OS2. The van der Waals surface area contributed by atoms with Crippen molar-refractivity contribution in [3.05, 3.63) is 198 Å². The predicted molar refractivity (Wildman–Crippen MR) is 230 cm³/mol. The van der Waals surface area contributed by atoms with Gasteiger partial charge in [0.15, 0.2) is 0 Å². The molecule has 6 heteroatoms. The fraction of sp³-hybridized carbons (Fsp3) is 0.0200. The Hall–Kier alpha value is -6.73. The van der Waals surface area contributed by atoms with Crippen molar-refractivity contribution in [1.29, 1.82) is 0 Å². The Morgan fingerprint density at radius 2 is 0.964 bits per heavy atom. The van der Waals surface area contributed by atoms with E-state index < -0.39 is 5.41 Å². The van der Waals surface area contributed by atoms with E-state index in [0.29, 0.717) is 0 Å². The van der Waals surface area contributed by atoms with E-state index in [1.807, 2.05) is 24.5 Å². The average Bonchev–Trinajstić information content (AvgIpc) is 3.98. The van der Waals surface area contributed by atoms with Crippen LogP contribution in [0.25, 0.3) is 75.0 Å². The summed E-state index contributed by atoms with van der Waals surface area (Å²) < 4.78 is 8.86. The molecule has 3 aromatic heterocycles. The molecule has 0 amide bonds. The van der Waals surface area contributed by atoms with Crippen LogP contribution in [-0.2, 0) is 5.41 Å². The van der Waals surface area contributed by atoms with Gasteiger partial charge in [-0.25, -0.2) is 9.97 Å². The van der Waals surface area contributed by atoms with Crippen molar-refractivity contribution >= 4 is 43.1 Å². The minimum Gasteiger partial charge on any atom is -0.457 e. The zero-order valence-electron chi connectivity index (χ0n) is 29.8. The third kappa shape index (κ3) is 4.67. The molecule has 56 heavy (non-hydrogen) atoms. The highest BCUT2D eigenvalue weighted by molar-refractivity contribution is 7.22. The molecule has 0 unspecified atom stereocenters. The lowest BCUT2D eigenvalue weighted by Gasteiger charge is -2.39. The summed E-state index contributed by atoms with van der Waals surface area (Å²) >= 11 is 3.42. The molecule has 262 valence electrons. The molecule has 7 aromatic carbocycles. The van der Waals surface area contributed by atoms with E-state index in [2.05, 4.69) is 157 Å². The van der Waals surface area contributed by atoms with Crippen LogP contribution < -0.4 is 4.74 Å². The van der Waals surface area contributed by atoms with Gasteiger partial charge in [-0.3, -0.25) is 4.98 Å². The molecule has 0 N–H and O–H groups in total. The Labute approximate surface area is 331 Å². The number of rotatable bonds is 4. The van der Waals surface area contributed by atoms with Gasteiger partial charge in [-0.05, 0) is 99.1 Å². The SMILES string of the molecule is c1ccc2c(c1)Oc1ccccc1C21c2ccccc2-c2ccc(-c3ccc(-c4cc(-c5nc6ccccc6s5)cc(-c5nc6cnccc6s5)c4)cc3)cc21. The van der Waals surface area contributed by atoms with E-state index in [0.717, 1.165) is 65.1 Å². The molecule has 0 saturated heterocycles. The molecule has 0 radical (unpaired) electrons. The van der Waals surface area contributed by atoms with Crippen molar-refractivity contribution in [3.63, 3.8) is 0 Å². The Bertz CT molecular complexity index is 2990. The van der Waals surface area contributed by atoms with E-state index in [-0.39, 0.29) is 0 Å². The number of hydrogen-bond acceptors (Lipinski definition) is 6. The van der Waals surface area contributed by atoms with Crippen LogP contribution in [0.2, 0.25) is 0 Å². The maximum absolute atomic E-state index is 6.56. The Morgan fingerprint density at radius 1 is 0.411 bits per heavy atom. The van der Waals surface area contributed by atoms with Gasteiger partial charge < -0.3 is 4.74 Å². The molecule has 1 aliphatic carbocycles. The van der Waals surface area contributed by atoms with Crippen molar-refractivity contribution < 1.29 is 4.74 Å². The summed E-state index contributed by atoms with van der Waals surface area (Å²) in [5.41, 5.74) is 15.6. The van der Waals surface area contributed by atoms with E-state index in [9.17, 15) is 0 Å². The standard InChI is InChI=1S/C50H29N3OS2/c1-2-10-38-36(9-1)37-22-21-32(28-41(37)50(38)39-11-3-6-14-44(39)54-45-15-7-4-12-40(45)50)30-17-19-31(20-18-30)33-25-34(48-52-42-13-5-8-16-46(42)55-48)27-35(26-33)49-53-43-29-51-24-23-47(43)56-49/h1-29H. The third-order valence-electron chi connectivity index (χ3n) is 11.3. The molecule has 0 atom stereocenters. The van der Waals surface area contributed by atoms with Crippen LogP contribution >= 0.6 is 22.7 Å². The number of benzene rings is 7. The molecule has 12 rings (SSSR count). The lowest BCUT2D eigenvalue weighted by atomic mass is 9.66. The van der Waals surface area contributed by atoms with E-state index in [1.54, 1.807) is 22.7 Å². The second-order valence-corrected chi connectivity index (χ2v) is 16.4. The quantitative estimate of drug-likeness (QED) is 0.180. The van der Waals surface area contributed by atoms with Crippen molar-refractivity contribution in [3.8, 4) is 66.0 Å². The molecule has 0 saturated carbocycles. The summed E-state index contributed by atoms with van der Waals surface area (Å²) in [5, 5.41) is 1.97. The van der Waals surface area contributed by atoms with Crippen LogP contribution in [0.3, 0.4) is 0 Å². The van der Waals surface area contributed by atoms with Crippen LogP contribution in [-0.4, -0.2) is 15.0 Å². The van der Waals surface area contributed by atoms with E-state index >= 15 is 0 Å². The lowest BCUT2D eigenvalue weighted by molar-refractivity contribution is 0.436. The highest BCUT2D eigenvalue weighted by Gasteiger charge is 2.51. The minimum atomic E-state index is -0.499. The van der Waals surface area contributed by atoms with Crippen LogP contribution in [0, 0.1) is 0 Å². The number of thiazole rings is 2. The molecule has 0 bridgehead atoms. The molecule has 10 aromatic rings. The number of para-hydroxylation sites is 3. The van der Waals surface area contributed by atoms with E-state index in [1.165, 1.54) is 43.6 Å². The largest absolute Gasteiger partial charge is 0.457 e. The number of fused-ring (bicyclic) bond motifs is 11. The normalized spacial score (nSPS) is 13.3. The minimum absolute atomic E-state index is 0.499. The number of nitrogens with zero attached hydrogens (tertiary/aromatic N) is 3. The first-order valence-corrected chi connectivity index (χ1v) is 20.3. The number of ether oxygens (including phenoxy) is 1. The molecule has 1 spiro atoms. The molecule has 0 fully saturated rings. The smallest absolute Gasteiger partial charge is 0.132 e. The molecule has 2 aliphatic rings. The van der Waals surface area contributed by atoms with Crippen molar-refractivity contribution in [2.75, 3.05) is 0 Å². The van der Waals surface area contributed by atoms with Gasteiger partial charge in [0.1, 0.15) is 27.0 Å². The van der Waals surface area contributed by atoms with Crippen molar-refractivity contribution in [2.24, 2.45) is 0 Å². The Balaban J connectivity index is 0.991. The maximum atomic E-state index is 6.56. The monoisotopic (exact) mass is 751 g/mol. The second kappa shape index (κ2) is 12.1. The highest BCUT2D eigenvalue weighted by atomic mass is 32.1. The van der Waals surface area contributed by atoms with Gasteiger partial charge in [0.25, 0.3) is 0 Å². The van der Waals surface area contributed by atoms with Crippen LogP contribution in [0.4, 0.5) is 0 Å². The average molecular weight is 752 g/mol. The van der Waals surface area contributed by atoms with E-state index in [4.69, 9.17) is 14.7 Å². The first-order chi connectivity index (χ1) is 27.7. The number of aromatic nitrogens is 3. The summed E-state index contributed by atoms with van der Waals surface area (Å²) in [4.78, 5) is 14.3. The lowest BCUT2D eigenvalue weighted by Crippen LogP contribution is -2.32. The zero-order valence-corrected chi connectivity index (χ0v) is 31.4. The van der Waals surface area contributed by atoms with Gasteiger partial charge in [-0.2, -0.15) is 0 Å². The number of pyridine rings is 1. The first kappa shape index (κ1) is 31.6. The highest BCUT2D eigenvalue weighted by Crippen LogP contribution is 2.62. The molecular weight excluding hydrogens is 723 g/mol. The molecule has 1 aliphatic heterocycles. The Kier molecular flexibility index (Phi) is 6.85. The zero-order chi connectivity index (χ0) is 36.8.